The van der Waals surface area contributed by atoms with Crippen LogP contribution >= 0.6 is 22.9 Å². The van der Waals surface area contributed by atoms with Gasteiger partial charge in [0.15, 0.2) is 0 Å². The van der Waals surface area contributed by atoms with E-state index in [4.69, 9.17) is 16.7 Å². The molecule has 5 heteroatoms. The van der Waals surface area contributed by atoms with Gasteiger partial charge in [-0.1, -0.05) is 11.6 Å². The second kappa shape index (κ2) is 4.73. The van der Waals surface area contributed by atoms with Gasteiger partial charge >= 0.3 is 5.97 Å². The van der Waals surface area contributed by atoms with E-state index >= 15 is 0 Å². The summed E-state index contributed by atoms with van der Waals surface area (Å²) in [6.07, 6.45) is 0.748. The normalized spacial score (nSPS) is 23.5. The van der Waals surface area contributed by atoms with Crippen molar-refractivity contribution in [1.29, 1.82) is 0 Å². The van der Waals surface area contributed by atoms with E-state index in [1.54, 1.807) is 0 Å². The quantitative estimate of drug-likeness (QED) is 0.908. The summed E-state index contributed by atoms with van der Waals surface area (Å²) in [5.74, 6) is -0.894. The Labute approximate surface area is 104 Å². The molecule has 0 spiro atoms. The molecule has 1 aliphatic rings. The number of likely N-dealkylation sites (tertiary alicyclic amines) is 1. The standard InChI is InChI=1S/C11H14ClNO2S/c1-7(9-4-10(12)16-6-9)13-3-2-8(5-13)11(14)15/h4,6-8H,2-3,5H2,1H3,(H,14,15). The van der Waals surface area contributed by atoms with E-state index < -0.39 is 5.97 Å². The van der Waals surface area contributed by atoms with Gasteiger partial charge in [0.1, 0.15) is 0 Å². The Morgan fingerprint density at radius 2 is 2.50 bits per heavy atom. The Balaban J connectivity index is 2.02. The van der Waals surface area contributed by atoms with E-state index in [0.29, 0.717) is 6.54 Å². The highest BCUT2D eigenvalue weighted by atomic mass is 35.5. The van der Waals surface area contributed by atoms with Crippen LogP contribution in [0.2, 0.25) is 4.34 Å². The Bertz CT molecular complexity index is 393. The fraction of sp³-hybridized carbons (Fsp3) is 0.545. The van der Waals surface area contributed by atoms with Crippen molar-refractivity contribution in [1.82, 2.24) is 4.90 Å². The summed E-state index contributed by atoms with van der Waals surface area (Å²) in [6, 6.07) is 2.22. The van der Waals surface area contributed by atoms with Gasteiger partial charge in [-0.25, -0.2) is 0 Å². The fourth-order valence-electron chi connectivity index (χ4n) is 2.09. The molecule has 0 saturated carbocycles. The number of nitrogens with zero attached hydrogens (tertiary/aromatic N) is 1. The molecule has 0 radical (unpaired) electrons. The van der Waals surface area contributed by atoms with Crippen LogP contribution in [0.4, 0.5) is 0 Å². The number of halogens is 1. The highest BCUT2D eigenvalue weighted by Crippen LogP contribution is 2.31. The van der Waals surface area contributed by atoms with Gasteiger partial charge in [-0.3, -0.25) is 9.69 Å². The van der Waals surface area contributed by atoms with E-state index in [1.807, 2.05) is 11.4 Å². The molecule has 2 atom stereocenters. The second-order valence-corrected chi connectivity index (χ2v) is 5.72. The predicted octanol–water partition coefficient (Wildman–Crippen LogP) is 2.87. The van der Waals surface area contributed by atoms with Crippen molar-refractivity contribution in [2.75, 3.05) is 13.1 Å². The van der Waals surface area contributed by atoms with Crippen LogP contribution in [0, 0.1) is 5.92 Å². The molecule has 0 aliphatic carbocycles. The molecule has 0 aromatic carbocycles. The van der Waals surface area contributed by atoms with Crippen LogP contribution in [0.15, 0.2) is 11.4 Å². The van der Waals surface area contributed by atoms with E-state index in [9.17, 15) is 4.79 Å². The summed E-state index contributed by atoms with van der Waals surface area (Å²) in [5.41, 5.74) is 1.18. The van der Waals surface area contributed by atoms with E-state index in [1.165, 1.54) is 16.9 Å². The Morgan fingerprint density at radius 1 is 1.75 bits per heavy atom. The van der Waals surface area contributed by atoms with Gasteiger partial charge < -0.3 is 5.11 Å². The largest absolute Gasteiger partial charge is 0.481 e. The molecule has 3 nitrogen and oxygen atoms in total. The minimum absolute atomic E-state index is 0.212. The molecule has 0 amide bonds. The molecule has 2 rings (SSSR count). The molecule has 88 valence electrons. The zero-order valence-corrected chi connectivity index (χ0v) is 10.6. The van der Waals surface area contributed by atoms with Crippen LogP contribution < -0.4 is 0 Å². The summed E-state index contributed by atoms with van der Waals surface area (Å²) in [7, 11) is 0. The average molecular weight is 260 g/mol. The first-order valence-electron chi connectivity index (χ1n) is 5.28. The smallest absolute Gasteiger partial charge is 0.307 e. The Kier molecular flexibility index (Phi) is 3.52. The molecule has 2 heterocycles. The lowest BCUT2D eigenvalue weighted by molar-refractivity contribution is -0.141. The first kappa shape index (κ1) is 11.9. The molecular weight excluding hydrogens is 246 g/mol. The first-order valence-corrected chi connectivity index (χ1v) is 6.54. The Morgan fingerprint density at radius 3 is 3.00 bits per heavy atom. The van der Waals surface area contributed by atoms with Gasteiger partial charge in [0, 0.05) is 12.6 Å². The molecule has 1 saturated heterocycles. The van der Waals surface area contributed by atoms with Gasteiger partial charge in [-0.15, -0.1) is 11.3 Å². The van der Waals surface area contributed by atoms with E-state index in [2.05, 4.69) is 11.8 Å². The van der Waals surface area contributed by atoms with Crippen LogP contribution in [-0.2, 0) is 4.79 Å². The zero-order valence-electron chi connectivity index (χ0n) is 9.02. The molecular formula is C11H14ClNO2S. The zero-order chi connectivity index (χ0) is 11.7. The summed E-state index contributed by atoms with van der Waals surface area (Å²) in [6.45, 7) is 3.60. The number of carboxylic acids is 1. The maximum atomic E-state index is 10.9. The Hall–Kier alpha value is -0.580. The second-order valence-electron chi connectivity index (χ2n) is 4.18. The van der Waals surface area contributed by atoms with Crippen LogP contribution in [0.1, 0.15) is 24.9 Å². The monoisotopic (exact) mass is 259 g/mol. The van der Waals surface area contributed by atoms with Crippen LogP contribution in [0.25, 0.3) is 0 Å². The molecule has 2 unspecified atom stereocenters. The molecule has 1 aromatic rings. The van der Waals surface area contributed by atoms with Crippen LogP contribution in [0.5, 0.6) is 0 Å². The number of carbonyl (C=O) groups is 1. The third kappa shape index (κ3) is 2.39. The van der Waals surface area contributed by atoms with Gasteiger partial charge in [0.25, 0.3) is 0 Å². The van der Waals surface area contributed by atoms with Gasteiger partial charge in [0.05, 0.1) is 10.3 Å². The SMILES string of the molecule is CC(c1csc(Cl)c1)N1CCC(C(=O)O)C1. The van der Waals surface area contributed by atoms with Gasteiger partial charge in [-0.2, -0.15) is 0 Å². The van der Waals surface area contributed by atoms with Gasteiger partial charge in [0.2, 0.25) is 0 Å². The van der Waals surface area contributed by atoms with Crippen molar-refractivity contribution in [3.63, 3.8) is 0 Å². The summed E-state index contributed by atoms with van der Waals surface area (Å²) in [5, 5.41) is 11.0. The van der Waals surface area contributed by atoms with Crippen LogP contribution in [0.3, 0.4) is 0 Å². The van der Waals surface area contributed by atoms with Crippen molar-refractivity contribution < 1.29 is 9.90 Å². The third-order valence-corrected chi connectivity index (χ3v) is 4.30. The summed E-state index contributed by atoms with van der Waals surface area (Å²) < 4.78 is 0.788. The van der Waals surface area contributed by atoms with Crippen molar-refractivity contribution in [3.8, 4) is 0 Å². The maximum absolute atomic E-state index is 10.9. The lowest BCUT2D eigenvalue weighted by Crippen LogP contribution is -2.25. The summed E-state index contributed by atoms with van der Waals surface area (Å²) >= 11 is 7.42. The number of hydrogen-bond acceptors (Lipinski definition) is 3. The van der Waals surface area contributed by atoms with Crippen molar-refractivity contribution in [2.24, 2.45) is 5.92 Å². The molecule has 1 fully saturated rings. The fourth-order valence-corrected chi connectivity index (χ4v) is 3.07. The number of hydrogen-bond donors (Lipinski definition) is 1. The molecule has 1 aromatic heterocycles. The van der Waals surface area contributed by atoms with Crippen LogP contribution in [-0.4, -0.2) is 29.1 Å². The minimum atomic E-state index is -0.682. The molecule has 16 heavy (non-hydrogen) atoms. The number of carboxylic acid groups (broad SMARTS) is 1. The number of aliphatic carboxylic acids is 1. The lowest BCUT2D eigenvalue weighted by atomic mass is 10.1. The molecule has 0 bridgehead atoms. The minimum Gasteiger partial charge on any atom is -0.481 e. The highest BCUT2D eigenvalue weighted by molar-refractivity contribution is 7.14. The first-order chi connectivity index (χ1) is 7.58. The van der Waals surface area contributed by atoms with Gasteiger partial charge in [-0.05, 0) is 36.9 Å². The van der Waals surface area contributed by atoms with E-state index in [-0.39, 0.29) is 12.0 Å². The highest BCUT2D eigenvalue weighted by Gasteiger charge is 2.31. The lowest BCUT2D eigenvalue weighted by Gasteiger charge is -2.23. The third-order valence-electron chi connectivity index (χ3n) is 3.19. The average Bonchev–Trinajstić information content (AvgIpc) is 2.84. The topological polar surface area (TPSA) is 40.5 Å². The summed E-state index contributed by atoms with van der Waals surface area (Å²) in [4.78, 5) is 13.1. The van der Waals surface area contributed by atoms with Crippen molar-refractivity contribution in [2.45, 2.75) is 19.4 Å². The van der Waals surface area contributed by atoms with Crippen molar-refractivity contribution in [3.05, 3.63) is 21.3 Å². The molecule has 1 aliphatic heterocycles. The molecule has 1 N–H and O–H groups in total. The number of thiophene rings is 1. The predicted molar refractivity (Wildman–Crippen MR) is 65.1 cm³/mol. The number of rotatable bonds is 3. The maximum Gasteiger partial charge on any atom is 0.307 e. The van der Waals surface area contributed by atoms with Crippen molar-refractivity contribution >= 4 is 28.9 Å². The van der Waals surface area contributed by atoms with E-state index in [0.717, 1.165) is 17.3 Å².